The molecular formula is C22H20N2O6S. The van der Waals surface area contributed by atoms with Gasteiger partial charge in [0.1, 0.15) is 0 Å². The van der Waals surface area contributed by atoms with Gasteiger partial charge in [0.2, 0.25) is 9.84 Å². The second kappa shape index (κ2) is 10.3. The standard InChI is InChI=1S/C12H10O2S.2C5H5NO2/c13-15(14,11-7-3-1-4-8-11)12-9-5-2-6-10-12;2*1-3-2-4(7)6-5(3)8/h1-10H;2*2H,1H3,(H,6,7,8). The first-order valence-corrected chi connectivity index (χ1v) is 10.5. The Morgan fingerprint density at radius 2 is 0.903 bits per heavy atom. The molecule has 8 nitrogen and oxygen atoms in total. The Labute approximate surface area is 179 Å². The van der Waals surface area contributed by atoms with Gasteiger partial charge in [0.25, 0.3) is 23.6 Å². The number of rotatable bonds is 2. The van der Waals surface area contributed by atoms with Crippen LogP contribution in [0.1, 0.15) is 13.8 Å². The first-order valence-electron chi connectivity index (χ1n) is 9.03. The van der Waals surface area contributed by atoms with E-state index in [1.807, 2.05) is 0 Å². The first kappa shape index (κ1) is 23.4. The summed E-state index contributed by atoms with van der Waals surface area (Å²) in [5.41, 5.74) is 0.963. The molecule has 2 N–H and O–H groups in total. The van der Waals surface area contributed by atoms with E-state index >= 15 is 0 Å². The van der Waals surface area contributed by atoms with Crippen LogP contribution in [0.5, 0.6) is 0 Å². The van der Waals surface area contributed by atoms with Gasteiger partial charge in [-0.15, -0.1) is 0 Å². The van der Waals surface area contributed by atoms with Gasteiger partial charge in [-0.25, -0.2) is 8.42 Å². The highest BCUT2D eigenvalue weighted by Gasteiger charge is 2.16. The van der Waals surface area contributed by atoms with E-state index in [-0.39, 0.29) is 23.6 Å². The van der Waals surface area contributed by atoms with E-state index in [0.29, 0.717) is 20.9 Å². The lowest BCUT2D eigenvalue weighted by atomic mass is 10.3. The summed E-state index contributed by atoms with van der Waals surface area (Å²) in [6.07, 6.45) is 2.56. The van der Waals surface area contributed by atoms with Crippen molar-refractivity contribution in [1.82, 2.24) is 10.6 Å². The van der Waals surface area contributed by atoms with E-state index < -0.39 is 9.84 Å². The zero-order valence-electron chi connectivity index (χ0n) is 16.8. The summed E-state index contributed by atoms with van der Waals surface area (Å²) in [5.74, 6) is -1.19. The van der Waals surface area contributed by atoms with E-state index in [2.05, 4.69) is 10.6 Å². The molecule has 2 aromatic carbocycles. The van der Waals surface area contributed by atoms with Crippen molar-refractivity contribution in [3.05, 3.63) is 84.0 Å². The predicted molar refractivity (Wildman–Crippen MR) is 112 cm³/mol. The minimum absolute atomic E-state index is 0.282. The van der Waals surface area contributed by atoms with Gasteiger partial charge in [-0.3, -0.25) is 29.8 Å². The van der Waals surface area contributed by atoms with E-state index in [0.717, 1.165) is 0 Å². The fourth-order valence-electron chi connectivity index (χ4n) is 2.35. The summed E-state index contributed by atoms with van der Waals surface area (Å²) in [7, 11) is -3.34. The fraction of sp³-hybridized carbons (Fsp3) is 0.0909. The van der Waals surface area contributed by atoms with Crippen molar-refractivity contribution < 1.29 is 27.6 Å². The molecule has 0 bridgehead atoms. The molecule has 0 radical (unpaired) electrons. The third kappa shape index (κ3) is 6.58. The van der Waals surface area contributed by atoms with Crippen LogP contribution in [-0.2, 0) is 29.0 Å². The summed E-state index contributed by atoms with van der Waals surface area (Å²) in [4.78, 5) is 41.9. The van der Waals surface area contributed by atoms with Gasteiger partial charge in [-0.2, -0.15) is 0 Å². The maximum atomic E-state index is 12.0. The van der Waals surface area contributed by atoms with E-state index in [9.17, 15) is 27.6 Å². The minimum Gasteiger partial charge on any atom is -0.289 e. The Hall–Kier alpha value is -3.85. The average molecular weight is 440 g/mol. The molecule has 0 spiro atoms. The number of benzene rings is 2. The van der Waals surface area contributed by atoms with Gasteiger partial charge in [0.15, 0.2) is 0 Å². The van der Waals surface area contributed by atoms with Crippen molar-refractivity contribution in [2.24, 2.45) is 0 Å². The number of carbonyl (C=O) groups excluding carboxylic acids is 4. The highest BCUT2D eigenvalue weighted by Crippen LogP contribution is 2.19. The zero-order valence-corrected chi connectivity index (χ0v) is 17.6. The third-order valence-corrected chi connectivity index (χ3v) is 5.78. The lowest BCUT2D eigenvalue weighted by Crippen LogP contribution is -2.21. The molecule has 0 unspecified atom stereocenters. The topological polar surface area (TPSA) is 126 Å². The molecule has 0 atom stereocenters. The van der Waals surface area contributed by atoms with Crippen molar-refractivity contribution in [2.45, 2.75) is 23.6 Å². The summed E-state index contributed by atoms with van der Waals surface area (Å²) in [6.45, 7) is 3.19. The van der Waals surface area contributed by atoms with Gasteiger partial charge in [-0.1, -0.05) is 36.4 Å². The highest BCUT2D eigenvalue weighted by atomic mass is 32.2. The smallest absolute Gasteiger partial charge is 0.253 e. The quantitative estimate of drug-likeness (QED) is 0.685. The number of nitrogens with one attached hydrogen (secondary N) is 2. The number of carbonyl (C=O) groups is 4. The molecule has 2 aliphatic rings. The van der Waals surface area contributed by atoms with Crippen molar-refractivity contribution in [3.63, 3.8) is 0 Å². The van der Waals surface area contributed by atoms with Crippen LogP contribution in [0, 0.1) is 0 Å². The lowest BCUT2D eigenvalue weighted by molar-refractivity contribution is -0.125. The SMILES string of the molecule is CC1=CC(=O)NC1=O.CC1=CC(=O)NC1=O.O=S(=O)(c1ccccc1)c1ccccc1. The van der Waals surface area contributed by atoms with Gasteiger partial charge in [0.05, 0.1) is 9.79 Å². The van der Waals surface area contributed by atoms with Crippen LogP contribution in [0.15, 0.2) is 93.8 Å². The molecule has 4 amide bonds. The maximum Gasteiger partial charge on any atom is 0.253 e. The number of hydrogen-bond donors (Lipinski definition) is 2. The average Bonchev–Trinajstić information content (AvgIpc) is 3.21. The van der Waals surface area contributed by atoms with Crippen LogP contribution in [-0.4, -0.2) is 32.0 Å². The molecule has 160 valence electrons. The Kier molecular flexibility index (Phi) is 7.75. The Balaban J connectivity index is 0.000000181. The van der Waals surface area contributed by atoms with Crippen LogP contribution < -0.4 is 10.6 Å². The van der Waals surface area contributed by atoms with E-state index in [4.69, 9.17) is 0 Å². The van der Waals surface area contributed by atoms with E-state index in [1.165, 1.54) is 12.2 Å². The largest absolute Gasteiger partial charge is 0.289 e. The predicted octanol–water partition coefficient (Wildman–Crippen LogP) is 1.70. The Morgan fingerprint density at radius 3 is 1.10 bits per heavy atom. The maximum absolute atomic E-state index is 12.0. The van der Waals surface area contributed by atoms with Gasteiger partial charge < -0.3 is 0 Å². The lowest BCUT2D eigenvalue weighted by Gasteiger charge is -2.03. The molecule has 31 heavy (non-hydrogen) atoms. The molecule has 2 aromatic rings. The van der Waals surface area contributed by atoms with Crippen LogP contribution >= 0.6 is 0 Å². The molecule has 9 heteroatoms. The summed E-state index contributed by atoms with van der Waals surface area (Å²) >= 11 is 0. The van der Waals surface area contributed by atoms with Gasteiger partial charge in [0, 0.05) is 23.3 Å². The summed E-state index contributed by atoms with van der Waals surface area (Å²) in [5, 5.41) is 4.19. The fourth-order valence-corrected chi connectivity index (χ4v) is 3.66. The minimum atomic E-state index is -3.34. The number of hydrogen-bond acceptors (Lipinski definition) is 6. The molecular weight excluding hydrogens is 420 g/mol. The second-order valence-electron chi connectivity index (χ2n) is 6.42. The number of sulfone groups is 1. The normalized spacial score (nSPS) is 14.9. The van der Waals surface area contributed by atoms with Crippen molar-refractivity contribution >= 4 is 33.5 Å². The van der Waals surface area contributed by atoms with E-state index in [1.54, 1.807) is 74.5 Å². The first-order chi connectivity index (χ1) is 14.6. The van der Waals surface area contributed by atoms with Gasteiger partial charge >= 0.3 is 0 Å². The highest BCUT2D eigenvalue weighted by molar-refractivity contribution is 7.91. The monoisotopic (exact) mass is 440 g/mol. The molecule has 4 rings (SSSR count). The van der Waals surface area contributed by atoms with Crippen LogP contribution in [0.4, 0.5) is 0 Å². The zero-order chi connectivity index (χ0) is 23.0. The van der Waals surface area contributed by atoms with Crippen molar-refractivity contribution in [3.8, 4) is 0 Å². The molecule has 0 aromatic heterocycles. The second-order valence-corrected chi connectivity index (χ2v) is 8.37. The molecule has 0 saturated carbocycles. The molecule has 2 aliphatic heterocycles. The molecule has 0 fully saturated rings. The summed E-state index contributed by atoms with van der Waals surface area (Å²) in [6, 6.07) is 16.9. The van der Waals surface area contributed by atoms with Crippen LogP contribution in [0.3, 0.4) is 0 Å². The van der Waals surface area contributed by atoms with Crippen molar-refractivity contribution in [2.75, 3.05) is 0 Å². The number of amides is 4. The third-order valence-electron chi connectivity index (χ3n) is 3.99. The molecule has 2 heterocycles. The Morgan fingerprint density at radius 1 is 0.581 bits per heavy atom. The Bertz CT molecular complexity index is 1080. The summed E-state index contributed by atoms with van der Waals surface area (Å²) < 4.78 is 24.1. The van der Waals surface area contributed by atoms with Crippen LogP contribution in [0.2, 0.25) is 0 Å². The van der Waals surface area contributed by atoms with Crippen molar-refractivity contribution in [1.29, 1.82) is 0 Å². The molecule has 0 saturated heterocycles. The van der Waals surface area contributed by atoms with Gasteiger partial charge in [-0.05, 0) is 38.1 Å². The molecule has 0 aliphatic carbocycles. The van der Waals surface area contributed by atoms with Crippen LogP contribution in [0.25, 0.3) is 0 Å². The number of imide groups is 2.